The van der Waals surface area contributed by atoms with E-state index in [0.717, 1.165) is 11.1 Å². The summed E-state index contributed by atoms with van der Waals surface area (Å²) >= 11 is 0. The van der Waals surface area contributed by atoms with Crippen molar-refractivity contribution in [2.24, 2.45) is 5.92 Å². The zero-order valence-corrected chi connectivity index (χ0v) is 16.1. The summed E-state index contributed by atoms with van der Waals surface area (Å²) in [5.41, 5.74) is 1.82. The minimum atomic E-state index is -3.77. The lowest BCUT2D eigenvalue weighted by Crippen LogP contribution is -2.47. The number of carbonyl (C=O) groups excluding carboxylic acids is 1. The molecule has 0 fully saturated rings. The van der Waals surface area contributed by atoms with Crippen LogP contribution in [0.4, 0.5) is 0 Å². The van der Waals surface area contributed by atoms with Crippen molar-refractivity contribution in [3.8, 4) is 0 Å². The molecule has 1 aromatic carbocycles. The van der Waals surface area contributed by atoms with E-state index in [1.807, 2.05) is 26.8 Å². The van der Waals surface area contributed by atoms with Crippen LogP contribution in [0.2, 0.25) is 0 Å². The molecule has 0 radical (unpaired) electrons. The molecule has 0 saturated heterocycles. The average Bonchev–Trinajstić information content (AvgIpc) is 2.60. The molecule has 7 heteroatoms. The molecule has 0 spiro atoms. The number of sulfonamides is 1. The number of nitrogens with one attached hydrogen (secondary N) is 2. The molecule has 26 heavy (non-hydrogen) atoms. The number of amides is 1. The number of hydrogen-bond donors (Lipinski definition) is 2. The van der Waals surface area contributed by atoms with E-state index >= 15 is 0 Å². The van der Waals surface area contributed by atoms with Crippen LogP contribution < -0.4 is 10.0 Å². The second-order valence-corrected chi connectivity index (χ2v) is 8.41. The maximum atomic E-state index is 12.6. The summed E-state index contributed by atoms with van der Waals surface area (Å²) in [7, 11) is -3.77. The lowest BCUT2D eigenvalue weighted by molar-refractivity contribution is -0.123. The van der Waals surface area contributed by atoms with Crippen molar-refractivity contribution in [3.05, 3.63) is 59.9 Å². The Morgan fingerprint density at radius 2 is 1.85 bits per heavy atom. The first-order chi connectivity index (χ1) is 12.3. The van der Waals surface area contributed by atoms with Gasteiger partial charge < -0.3 is 5.32 Å². The second-order valence-electron chi connectivity index (χ2n) is 6.70. The van der Waals surface area contributed by atoms with Gasteiger partial charge in [0, 0.05) is 18.9 Å². The summed E-state index contributed by atoms with van der Waals surface area (Å²) in [6.07, 6.45) is 3.72. The quantitative estimate of drug-likeness (QED) is 0.742. The molecule has 1 heterocycles. The van der Waals surface area contributed by atoms with E-state index in [1.165, 1.54) is 12.1 Å². The van der Waals surface area contributed by atoms with Gasteiger partial charge in [0.1, 0.15) is 6.04 Å². The van der Waals surface area contributed by atoms with Gasteiger partial charge in [0.15, 0.2) is 0 Å². The molecule has 0 saturated carbocycles. The molecule has 0 aliphatic heterocycles. The summed E-state index contributed by atoms with van der Waals surface area (Å²) in [4.78, 5) is 16.7. The lowest BCUT2D eigenvalue weighted by Gasteiger charge is -2.20. The van der Waals surface area contributed by atoms with E-state index in [1.54, 1.807) is 30.6 Å². The smallest absolute Gasteiger partial charge is 0.241 e. The minimum absolute atomic E-state index is 0.150. The minimum Gasteiger partial charge on any atom is -0.351 e. The molecule has 140 valence electrons. The highest BCUT2D eigenvalue weighted by Crippen LogP contribution is 2.13. The Labute approximate surface area is 155 Å². The van der Waals surface area contributed by atoms with Crippen molar-refractivity contribution < 1.29 is 13.2 Å². The van der Waals surface area contributed by atoms with Crippen LogP contribution in [0.3, 0.4) is 0 Å². The number of aryl methyl sites for hydroxylation is 1. The molecule has 1 atom stereocenters. The van der Waals surface area contributed by atoms with Crippen molar-refractivity contribution >= 4 is 15.9 Å². The highest BCUT2D eigenvalue weighted by Gasteiger charge is 2.26. The fraction of sp³-hybridized carbons (Fsp3) is 0.368. The van der Waals surface area contributed by atoms with Crippen LogP contribution in [-0.2, 0) is 21.4 Å². The van der Waals surface area contributed by atoms with E-state index < -0.39 is 16.1 Å². The number of aromatic nitrogens is 1. The molecular weight excluding hydrogens is 350 g/mol. The van der Waals surface area contributed by atoms with Gasteiger partial charge >= 0.3 is 0 Å². The summed E-state index contributed by atoms with van der Waals surface area (Å²) in [5, 5.41) is 2.78. The predicted molar refractivity (Wildman–Crippen MR) is 101 cm³/mol. The molecule has 2 aromatic rings. The number of pyridine rings is 1. The summed E-state index contributed by atoms with van der Waals surface area (Å²) < 4.78 is 27.8. The maximum Gasteiger partial charge on any atom is 0.241 e. The van der Waals surface area contributed by atoms with Crippen molar-refractivity contribution in [1.29, 1.82) is 0 Å². The molecule has 1 amide bonds. The predicted octanol–water partition coefficient (Wildman–Crippen LogP) is 2.40. The molecule has 1 aromatic heterocycles. The molecular formula is C19H25N3O3S. The lowest BCUT2D eigenvalue weighted by atomic mass is 10.0. The molecule has 2 rings (SSSR count). The fourth-order valence-electron chi connectivity index (χ4n) is 2.47. The van der Waals surface area contributed by atoms with Crippen LogP contribution in [0.1, 0.15) is 31.4 Å². The summed E-state index contributed by atoms with van der Waals surface area (Å²) in [5.74, 6) is -0.192. The molecule has 0 bridgehead atoms. The Morgan fingerprint density at radius 3 is 2.42 bits per heavy atom. The number of nitrogens with zero attached hydrogens (tertiary/aromatic N) is 1. The van der Waals surface area contributed by atoms with Crippen molar-refractivity contribution in [3.63, 3.8) is 0 Å². The van der Waals surface area contributed by atoms with Gasteiger partial charge in [-0.05, 0) is 43.0 Å². The zero-order chi connectivity index (χ0) is 19.2. The standard InChI is InChI=1S/C19H25N3O3S/c1-14(2)11-18(19(23)21-13-16-5-4-10-20-12-16)22-26(24,25)17-8-6-15(3)7-9-17/h4-10,12,14,18,22H,11,13H2,1-3H3,(H,21,23). The van der Waals surface area contributed by atoms with Crippen molar-refractivity contribution in [1.82, 2.24) is 15.0 Å². The first-order valence-electron chi connectivity index (χ1n) is 8.53. The number of benzene rings is 1. The van der Waals surface area contributed by atoms with Crippen LogP contribution in [0, 0.1) is 12.8 Å². The van der Waals surface area contributed by atoms with E-state index in [2.05, 4.69) is 15.0 Å². The summed E-state index contributed by atoms with van der Waals surface area (Å²) in [6, 6.07) is 9.34. The monoisotopic (exact) mass is 375 g/mol. The molecule has 0 aliphatic rings. The molecule has 1 unspecified atom stereocenters. The zero-order valence-electron chi connectivity index (χ0n) is 15.3. The Kier molecular flexibility index (Phi) is 6.88. The molecule has 0 aliphatic carbocycles. The second kappa shape index (κ2) is 8.91. The normalized spacial score (nSPS) is 12.8. The molecule has 2 N–H and O–H groups in total. The number of hydrogen-bond acceptors (Lipinski definition) is 4. The highest BCUT2D eigenvalue weighted by molar-refractivity contribution is 7.89. The first-order valence-corrected chi connectivity index (χ1v) is 10.0. The Balaban J connectivity index is 2.10. The number of carbonyl (C=O) groups is 1. The Bertz CT molecular complexity index is 819. The van der Waals surface area contributed by atoms with Crippen LogP contribution in [0.15, 0.2) is 53.7 Å². The largest absolute Gasteiger partial charge is 0.351 e. The van der Waals surface area contributed by atoms with Gasteiger partial charge in [0.25, 0.3) is 0 Å². The van der Waals surface area contributed by atoms with Gasteiger partial charge in [-0.2, -0.15) is 4.72 Å². The Morgan fingerprint density at radius 1 is 1.15 bits per heavy atom. The Hall–Kier alpha value is -2.25. The van der Waals surface area contributed by atoms with Gasteiger partial charge in [0.05, 0.1) is 4.90 Å². The summed E-state index contributed by atoms with van der Waals surface area (Å²) in [6.45, 7) is 6.08. The first kappa shape index (κ1) is 20.1. The fourth-order valence-corrected chi connectivity index (χ4v) is 3.68. The van der Waals surface area contributed by atoms with E-state index in [0.29, 0.717) is 13.0 Å². The van der Waals surface area contributed by atoms with Gasteiger partial charge in [0.2, 0.25) is 15.9 Å². The SMILES string of the molecule is Cc1ccc(S(=O)(=O)NC(CC(C)C)C(=O)NCc2cccnc2)cc1. The van der Waals surface area contributed by atoms with E-state index in [4.69, 9.17) is 0 Å². The van der Waals surface area contributed by atoms with Gasteiger partial charge in [-0.3, -0.25) is 9.78 Å². The topological polar surface area (TPSA) is 88.2 Å². The van der Waals surface area contributed by atoms with Crippen molar-refractivity contribution in [2.75, 3.05) is 0 Å². The van der Waals surface area contributed by atoms with Crippen LogP contribution in [-0.4, -0.2) is 25.4 Å². The maximum absolute atomic E-state index is 12.6. The third-order valence-electron chi connectivity index (χ3n) is 3.84. The average molecular weight is 375 g/mol. The number of rotatable bonds is 8. The van der Waals surface area contributed by atoms with E-state index in [-0.39, 0.29) is 16.7 Å². The van der Waals surface area contributed by atoms with Crippen LogP contribution in [0.25, 0.3) is 0 Å². The van der Waals surface area contributed by atoms with E-state index in [9.17, 15) is 13.2 Å². The third-order valence-corrected chi connectivity index (χ3v) is 5.33. The van der Waals surface area contributed by atoms with Crippen LogP contribution in [0.5, 0.6) is 0 Å². The van der Waals surface area contributed by atoms with Gasteiger partial charge in [-0.25, -0.2) is 8.42 Å². The van der Waals surface area contributed by atoms with Gasteiger partial charge in [-0.15, -0.1) is 0 Å². The van der Waals surface area contributed by atoms with Gasteiger partial charge in [-0.1, -0.05) is 37.6 Å². The highest BCUT2D eigenvalue weighted by atomic mass is 32.2. The third kappa shape index (κ3) is 5.93. The van der Waals surface area contributed by atoms with Crippen LogP contribution >= 0.6 is 0 Å². The van der Waals surface area contributed by atoms with Crippen molar-refractivity contribution in [2.45, 2.75) is 44.7 Å². The molecule has 6 nitrogen and oxygen atoms in total.